The molecular weight excluding hydrogens is 296 g/mol. The van der Waals surface area contributed by atoms with Gasteiger partial charge in [0.05, 0.1) is 0 Å². The van der Waals surface area contributed by atoms with E-state index in [1.54, 1.807) is 24.3 Å². The summed E-state index contributed by atoms with van der Waals surface area (Å²) >= 11 is 6.13. The molecule has 0 radical (unpaired) electrons. The zero-order valence-corrected chi connectivity index (χ0v) is 12.5. The van der Waals surface area contributed by atoms with Crippen LogP contribution in [-0.4, -0.2) is 10.2 Å². The van der Waals surface area contributed by atoms with Crippen molar-refractivity contribution in [3.8, 4) is 11.5 Å². The summed E-state index contributed by atoms with van der Waals surface area (Å²) in [6, 6.07) is 22.0. The summed E-state index contributed by atoms with van der Waals surface area (Å²) in [6.07, 6.45) is 0. The summed E-state index contributed by atoms with van der Waals surface area (Å²) in [5.41, 5.74) is 3.15. The molecule has 2 N–H and O–H groups in total. The van der Waals surface area contributed by atoms with E-state index in [0.717, 1.165) is 16.7 Å². The van der Waals surface area contributed by atoms with Gasteiger partial charge in [-0.15, -0.1) is 0 Å². The summed E-state index contributed by atoms with van der Waals surface area (Å²) in [6.45, 7) is 0. The Morgan fingerprint density at radius 3 is 1.59 bits per heavy atom. The van der Waals surface area contributed by atoms with Crippen LogP contribution in [0, 0.1) is 0 Å². The van der Waals surface area contributed by atoms with Gasteiger partial charge in [-0.05, 0) is 53.1 Å². The molecule has 3 aromatic carbocycles. The number of halogens is 1. The Balaban J connectivity index is 2.13. The van der Waals surface area contributed by atoms with Gasteiger partial charge in [-0.3, -0.25) is 0 Å². The molecule has 0 aliphatic carbocycles. The van der Waals surface area contributed by atoms with Crippen molar-refractivity contribution < 1.29 is 10.2 Å². The summed E-state index contributed by atoms with van der Waals surface area (Å²) in [5.74, 6) is 0.457. The number of phenolic OH excluding ortho intramolecular Hbond substituents is 2. The maximum Gasteiger partial charge on any atom is 0.115 e. The minimum absolute atomic E-state index is 0.0140. The Hall–Kier alpha value is -2.45. The van der Waals surface area contributed by atoms with Crippen LogP contribution in [0.25, 0.3) is 0 Å². The smallest absolute Gasteiger partial charge is 0.115 e. The average Bonchev–Trinajstić information content (AvgIpc) is 2.51. The molecule has 0 aliphatic heterocycles. The van der Waals surface area contributed by atoms with Gasteiger partial charge in [0.2, 0.25) is 0 Å². The molecule has 3 rings (SSSR count). The number of phenols is 2. The first-order chi connectivity index (χ1) is 10.6. The van der Waals surface area contributed by atoms with E-state index in [2.05, 4.69) is 0 Å². The van der Waals surface area contributed by atoms with Crippen LogP contribution >= 0.6 is 11.6 Å². The molecule has 0 aliphatic rings. The molecule has 0 fully saturated rings. The van der Waals surface area contributed by atoms with E-state index in [1.165, 1.54) is 0 Å². The molecule has 0 unspecified atom stereocenters. The van der Waals surface area contributed by atoms with Gasteiger partial charge >= 0.3 is 0 Å². The quantitative estimate of drug-likeness (QED) is 0.673. The van der Waals surface area contributed by atoms with Crippen LogP contribution in [0.2, 0.25) is 5.02 Å². The third-order valence-corrected chi connectivity index (χ3v) is 3.87. The van der Waals surface area contributed by atoms with Crippen LogP contribution in [0.4, 0.5) is 0 Å². The van der Waals surface area contributed by atoms with Gasteiger partial charge in [0.1, 0.15) is 11.5 Å². The van der Waals surface area contributed by atoms with Gasteiger partial charge in [-0.2, -0.15) is 0 Å². The minimum Gasteiger partial charge on any atom is -0.508 e. The highest BCUT2D eigenvalue weighted by atomic mass is 35.5. The van der Waals surface area contributed by atoms with E-state index in [-0.39, 0.29) is 17.4 Å². The van der Waals surface area contributed by atoms with E-state index in [9.17, 15) is 10.2 Å². The number of benzene rings is 3. The predicted molar refractivity (Wildman–Crippen MR) is 88.6 cm³/mol. The lowest BCUT2D eigenvalue weighted by Gasteiger charge is -2.19. The Kier molecular flexibility index (Phi) is 4.03. The lowest BCUT2D eigenvalue weighted by Crippen LogP contribution is -2.03. The normalized spacial score (nSPS) is 10.8. The first kappa shape index (κ1) is 14.5. The molecule has 3 heteroatoms. The maximum absolute atomic E-state index is 9.51. The van der Waals surface area contributed by atoms with Crippen molar-refractivity contribution in [2.75, 3.05) is 0 Å². The second kappa shape index (κ2) is 6.12. The van der Waals surface area contributed by atoms with E-state index in [0.29, 0.717) is 5.02 Å². The molecule has 0 saturated carbocycles. The van der Waals surface area contributed by atoms with Gasteiger partial charge in [0.15, 0.2) is 0 Å². The monoisotopic (exact) mass is 310 g/mol. The van der Waals surface area contributed by atoms with Gasteiger partial charge in [-0.25, -0.2) is 0 Å². The highest BCUT2D eigenvalue weighted by Gasteiger charge is 2.17. The summed E-state index contributed by atoms with van der Waals surface area (Å²) in [7, 11) is 0. The Morgan fingerprint density at radius 2 is 1.14 bits per heavy atom. The Labute approximate surface area is 134 Å². The van der Waals surface area contributed by atoms with Crippen molar-refractivity contribution in [3.05, 3.63) is 94.5 Å². The topological polar surface area (TPSA) is 40.5 Å². The van der Waals surface area contributed by atoms with Crippen molar-refractivity contribution in [1.29, 1.82) is 0 Å². The molecule has 110 valence electrons. The molecule has 0 atom stereocenters. The summed E-state index contributed by atoms with van der Waals surface area (Å²) in [5, 5.41) is 19.7. The highest BCUT2D eigenvalue weighted by Crippen LogP contribution is 2.34. The zero-order valence-electron chi connectivity index (χ0n) is 11.8. The van der Waals surface area contributed by atoms with Crippen molar-refractivity contribution in [2.45, 2.75) is 5.92 Å². The fraction of sp³-hybridized carbons (Fsp3) is 0.0526. The first-order valence-electron chi connectivity index (χ1n) is 6.97. The van der Waals surface area contributed by atoms with Crippen molar-refractivity contribution in [1.82, 2.24) is 0 Å². The lowest BCUT2D eigenvalue weighted by molar-refractivity contribution is 0.475. The third kappa shape index (κ3) is 3.07. The van der Waals surface area contributed by atoms with Crippen LogP contribution in [0.15, 0.2) is 72.8 Å². The molecule has 22 heavy (non-hydrogen) atoms. The van der Waals surface area contributed by atoms with Crippen LogP contribution in [0.5, 0.6) is 11.5 Å². The second-order valence-electron chi connectivity index (χ2n) is 5.17. The predicted octanol–water partition coefficient (Wildman–Crippen LogP) is 4.93. The largest absolute Gasteiger partial charge is 0.508 e. The van der Waals surface area contributed by atoms with Gasteiger partial charge in [0, 0.05) is 10.9 Å². The van der Waals surface area contributed by atoms with E-state index in [4.69, 9.17) is 11.6 Å². The van der Waals surface area contributed by atoms with Crippen molar-refractivity contribution in [3.63, 3.8) is 0 Å². The van der Waals surface area contributed by atoms with E-state index in [1.807, 2.05) is 48.5 Å². The number of hydrogen-bond donors (Lipinski definition) is 2. The molecule has 0 spiro atoms. The van der Waals surface area contributed by atoms with E-state index >= 15 is 0 Å². The fourth-order valence-electron chi connectivity index (χ4n) is 2.60. The minimum atomic E-state index is -0.0140. The molecule has 0 amide bonds. The van der Waals surface area contributed by atoms with Crippen LogP contribution in [0.3, 0.4) is 0 Å². The van der Waals surface area contributed by atoms with Crippen LogP contribution in [0.1, 0.15) is 22.6 Å². The highest BCUT2D eigenvalue weighted by molar-refractivity contribution is 6.30. The molecule has 0 aromatic heterocycles. The molecular formula is C19H15ClO2. The number of aromatic hydroxyl groups is 2. The third-order valence-electron chi connectivity index (χ3n) is 3.63. The molecule has 3 aromatic rings. The Morgan fingerprint density at radius 1 is 0.636 bits per heavy atom. The SMILES string of the molecule is Oc1ccc(C(c2ccc(O)cc2)c2cccc(Cl)c2)cc1. The average molecular weight is 311 g/mol. The van der Waals surface area contributed by atoms with Gasteiger partial charge < -0.3 is 10.2 Å². The second-order valence-corrected chi connectivity index (χ2v) is 5.61. The van der Waals surface area contributed by atoms with Gasteiger partial charge in [-0.1, -0.05) is 48.0 Å². The van der Waals surface area contributed by atoms with Crippen LogP contribution in [-0.2, 0) is 0 Å². The zero-order chi connectivity index (χ0) is 15.5. The van der Waals surface area contributed by atoms with E-state index < -0.39 is 0 Å². The first-order valence-corrected chi connectivity index (χ1v) is 7.34. The molecule has 0 bridgehead atoms. The molecule has 0 heterocycles. The van der Waals surface area contributed by atoms with Gasteiger partial charge in [0.25, 0.3) is 0 Å². The maximum atomic E-state index is 9.51. The molecule has 2 nitrogen and oxygen atoms in total. The van der Waals surface area contributed by atoms with Crippen molar-refractivity contribution in [2.24, 2.45) is 0 Å². The molecule has 0 saturated heterocycles. The Bertz CT molecular complexity index is 719. The summed E-state index contributed by atoms with van der Waals surface area (Å²) in [4.78, 5) is 0. The van der Waals surface area contributed by atoms with Crippen molar-refractivity contribution >= 4 is 11.6 Å². The lowest BCUT2D eigenvalue weighted by atomic mass is 9.85. The summed E-state index contributed by atoms with van der Waals surface area (Å²) < 4.78 is 0. The van der Waals surface area contributed by atoms with Crippen LogP contribution < -0.4 is 0 Å². The fourth-order valence-corrected chi connectivity index (χ4v) is 2.80. The number of hydrogen-bond acceptors (Lipinski definition) is 2. The standard InChI is InChI=1S/C19H15ClO2/c20-16-3-1-2-15(12-16)19(13-4-8-17(21)9-5-13)14-6-10-18(22)11-7-14/h1-12,19,21-22H. The number of rotatable bonds is 3.